The lowest BCUT2D eigenvalue weighted by molar-refractivity contribution is 0.0631. The van der Waals surface area contributed by atoms with Crippen LogP contribution in [0.5, 0.6) is 5.75 Å². The Balaban J connectivity index is 1.28. The molecule has 1 N–H and O–H groups in total. The van der Waals surface area contributed by atoms with E-state index >= 15 is 0 Å². The van der Waals surface area contributed by atoms with E-state index in [2.05, 4.69) is 10.3 Å². The normalized spacial score (nSPS) is 14.6. The Morgan fingerprint density at radius 2 is 1.85 bits per heavy atom. The number of pyridine rings is 1. The summed E-state index contributed by atoms with van der Waals surface area (Å²) in [5, 5.41) is 3.04. The molecular formula is C25H28N4O4. The van der Waals surface area contributed by atoms with Gasteiger partial charge in [0.2, 0.25) is 0 Å². The van der Waals surface area contributed by atoms with Gasteiger partial charge in [-0.2, -0.15) is 0 Å². The standard InChI is InChI=1S/C25H28N4O4/c1-18-9-10-23(33-18)24(30)28-12-14-29(15-13-28)25(31)27-19(2)20-6-5-8-22(16-20)32-17-21-7-3-4-11-26-21/h3-11,16,19H,12-15,17H2,1-2H3,(H,27,31). The van der Waals surface area contributed by atoms with Crippen molar-refractivity contribution in [3.05, 3.63) is 83.6 Å². The zero-order valence-electron chi connectivity index (χ0n) is 18.9. The number of rotatable bonds is 6. The van der Waals surface area contributed by atoms with Gasteiger partial charge >= 0.3 is 6.03 Å². The van der Waals surface area contributed by atoms with Crippen molar-refractivity contribution in [1.29, 1.82) is 0 Å². The topological polar surface area (TPSA) is 87.9 Å². The van der Waals surface area contributed by atoms with Crippen molar-refractivity contribution in [2.24, 2.45) is 0 Å². The number of nitrogens with zero attached hydrogens (tertiary/aromatic N) is 3. The van der Waals surface area contributed by atoms with Crippen LogP contribution < -0.4 is 10.1 Å². The van der Waals surface area contributed by atoms with E-state index in [0.29, 0.717) is 44.3 Å². The molecule has 0 bridgehead atoms. The fourth-order valence-corrected chi connectivity index (χ4v) is 3.69. The molecule has 3 aromatic rings. The van der Waals surface area contributed by atoms with Crippen molar-refractivity contribution < 1.29 is 18.7 Å². The molecule has 0 saturated carbocycles. The maximum atomic E-state index is 12.8. The number of hydrogen-bond acceptors (Lipinski definition) is 5. The summed E-state index contributed by atoms with van der Waals surface area (Å²) < 4.78 is 11.3. The highest BCUT2D eigenvalue weighted by molar-refractivity contribution is 5.91. The first-order chi connectivity index (χ1) is 16.0. The van der Waals surface area contributed by atoms with Gasteiger partial charge in [-0.3, -0.25) is 9.78 Å². The van der Waals surface area contributed by atoms with Crippen LogP contribution in [0.25, 0.3) is 0 Å². The number of carbonyl (C=O) groups is 2. The smallest absolute Gasteiger partial charge is 0.317 e. The van der Waals surface area contributed by atoms with Crippen molar-refractivity contribution in [2.75, 3.05) is 26.2 Å². The van der Waals surface area contributed by atoms with Crippen LogP contribution in [0.2, 0.25) is 0 Å². The molecule has 172 valence electrons. The average molecular weight is 449 g/mol. The second kappa shape index (κ2) is 10.2. The Labute approximate surface area is 193 Å². The Morgan fingerprint density at radius 3 is 2.55 bits per heavy atom. The lowest BCUT2D eigenvalue weighted by atomic mass is 10.1. The van der Waals surface area contributed by atoms with Gasteiger partial charge in [0.05, 0.1) is 11.7 Å². The van der Waals surface area contributed by atoms with E-state index in [0.717, 1.165) is 17.0 Å². The molecule has 0 radical (unpaired) electrons. The van der Waals surface area contributed by atoms with Crippen LogP contribution in [0.3, 0.4) is 0 Å². The van der Waals surface area contributed by atoms with Crippen LogP contribution in [0.15, 0.2) is 65.2 Å². The van der Waals surface area contributed by atoms with Gasteiger partial charge in [0.15, 0.2) is 5.76 Å². The Morgan fingerprint density at radius 1 is 1.06 bits per heavy atom. The molecule has 8 nitrogen and oxygen atoms in total. The van der Waals surface area contributed by atoms with Gasteiger partial charge in [-0.15, -0.1) is 0 Å². The van der Waals surface area contributed by atoms with E-state index < -0.39 is 0 Å². The summed E-state index contributed by atoms with van der Waals surface area (Å²) in [6.07, 6.45) is 1.74. The SMILES string of the molecule is Cc1ccc(C(=O)N2CCN(C(=O)NC(C)c3cccc(OCc4ccccn4)c3)CC2)o1. The second-order valence-corrected chi connectivity index (χ2v) is 8.04. The molecule has 1 saturated heterocycles. The number of aromatic nitrogens is 1. The molecule has 8 heteroatoms. The third-order valence-corrected chi connectivity index (χ3v) is 5.62. The molecule has 1 unspecified atom stereocenters. The van der Waals surface area contributed by atoms with Gasteiger partial charge in [0, 0.05) is 32.4 Å². The lowest BCUT2D eigenvalue weighted by Crippen LogP contribution is -2.53. The highest BCUT2D eigenvalue weighted by Crippen LogP contribution is 2.20. The number of furan rings is 1. The predicted molar refractivity (Wildman–Crippen MR) is 123 cm³/mol. The molecule has 3 amide bonds. The van der Waals surface area contributed by atoms with E-state index in [-0.39, 0.29) is 18.0 Å². The molecule has 4 rings (SSSR count). The molecule has 1 aromatic carbocycles. The van der Waals surface area contributed by atoms with Gasteiger partial charge in [-0.1, -0.05) is 18.2 Å². The number of ether oxygens (including phenoxy) is 1. The molecular weight excluding hydrogens is 420 g/mol. The van der Waals surface area contributed by atoms with Crippen molar-refractivity contribution >= 4 is 11.9 Å². The molecule has 3 heterocycles. The van der Waals surface area contributed by atoms with Gasteiger partial charge in [0.25, 0.3) is 5.91 Å². The summed E-state index contributed by atoms with van der Waals surface area (Å²) in [6.45, 7) is 6.01. The number of benzene rings is 1. The van der Waals surface area contributed by atoms with Gasteiger partial charge in [0.1, 0.15) is 18.1 Å². The van der Waals surface area contributed by atoms with Crippen molar-refractivity contribution in [1.82, 2.24) is 20.1 Å². The third-order valence-electron chi connectivity index (χ3n) is 5.62. The fourth-order valence-electron chi connectivity index (χ4n) is 3.69. The molecule has 0 aliphatic carbocycles. The molecule has 1 aliphatic heterocycles. The number of urea groups is 1. The first kappa shape index (κ1) is 22.4. The molecule has 1 atom stereocenters. The number of amides is 3. The summed E-state index contributed by atoms with van der Waals surface area (Å²) in [7, 11) is 0. The van der Waals surface area contributed by atoms with Crippen molar-refractivity contribution in [2.45, 2.75) is 26.5 Å². The first-order valence-electron chi connectivity index (χ1n) is 11.0. The number of carbonyl (C=O) groups excluding carboxylic acids is 2. The van der Waals surface area contributed by atoms with Crippen LogP contribution in [0.4, 0.5) is 4.79 Å². The molecule has 2 aromatic heterocycles. The maximum Gasteiger partial charge on any atom is 0.317 e. The molecule has 1 fully saturated rings. The number of hydrogen-bond donors (Lipinski definition) is 1. The summed E-state index contributed by atoms with van der Waals surface area (Å²) >= 11 is 0. The Kier molecular flexibility index (Phi) is 6.92. The minimum atomic E-state index is -0.193. The van der Waals surface area contributed by atoms with Gasteiger partial charge in [-0.25, -0.2) is 4.79 Å². The van der Waals surface area contributed by atoms with E-state index in [1.807, 2.05) is 56.3 Å². The van der Waals surface area contributed by atoms with E-state index in [1.54, 1.807) is 28.1 Å². The van der Waals surface area contributed by atoms with Crippen molar-refractivity contribution in [3.8, 4) is 5.75 Å². The maximum absolute atomic E-state index is 12.8. The van der Waals surface area contributed by atoms with E-state index in [1.165, 1.54) is 0 Å². The summed E-state index contributed by atoms with van der Waals surface area (Å²) in [5.41, 5.74) is 1.80. The van der Waals surface area contributed by atoms with E-state index in [4.69, 9.17) is 9.15 Å². The second-order valence-electron chi connectivity index (χ2n) is 8.04. The number of aryl methyl sites for hydroxylation is 1. The third kappa shape index (κ3) is 5.71. The zero-order valence-corrected chi connectivity index (χ0v) is 18.9. The highest BCUT2D eigenvalue weighted by atomic mass is 16.5. The lowest BCUT2D eigenvalue weighted by Gasteiger charge is -2.35. The Hall–Kier alpha value is -3.81. The van der Waals surface area contributed by atoms with Gasteiger partial charge in [-0.05, 0) is 55.8 Å². The van der Waals surface area contributed by atoms with Crippen LogP contribution in [0.1, 0.15) is 40.5 Å². The average Bonchev–Trinajstić information content (AvgIpc) is 3.29. The monoisotopic (exact) mass is 448 g/mol. The zero-order chi connectivity index (χ0) is 23.2. The van der Waals surface area contributed by atoms with Crippen molar-refractivity contribution in [3.63, 3.8) is 0 Å². The molecule has 0 spiro atoms. The Bertz CT molecular complexity index is 1090. The quantitative estimate of drug-likeness (QED) is 0.620. The summed E-state index contributed by atoms with van der Waals surface area (Å²) in [5.74, 6) is 1.62. The summed E-state index contributed by atoms with van der Waals surface area (Å²) in [4.78, 5) is 33.0. The largest absolute Gasteiger partial charge is 0.487 e. The van der Waals surface area contributed by atoms with Gasteiger partial charge < -0.3 is 24.3 Å². The minimum absolute atomic E-state index is 0.140. The van der Waals surface area contributed by atoms with Crippen LogP contribution >= 0.6 is 0 Å². The predicted octanol–water partition coefficient (Wildman–Crippen LogP) is 3.79. The molecule has 1 aliphatic rings. The van der Waals surface area contributed by atoms with Crippen LogP contribution in [0, 0.1) is 6.92 Å². The fraction of sp³-hybridized carbons (Fsp3) is 0.320. The van der Waals surface area contributed by atoms with Crippen LogP contribution in [-0.2, 0) is 6.61 Å². The van der Waals surface area contributed by atoms with E-state index in [9.17, 15) is 9.59 Å². The summed E-state index contributed by atoms with van der Waals surface area (Å²) in [6, 6.07) is 16.5. The number of nitrogens with one attached hydrogen (secondary N) is 1. The highest BCUT2D eigenvalue weighted by Gasteiger charge is 2.27. The van der Waals surface area contributed by atoms with Crippen LogP contribution in [-0.4, -0.2) is 52.9 Å². The number of piperazine rings is 1. The minimum Gasteiger partial charge on any atom is -0.487 e. The first-order valence-corrected chi connectivity index (χ1v) is 11.0. The molecule has 33 heavy (non-hydrogen) atoms.